The van der Waals surface area contributed by atoms with Crippen molar-refractivity contribution in [3.05, 3.63) is 0 Å². The van der Waals surface area contributed by atoms with Crippen molar-refractivity contribution in [3.8, 4) is 0 Å². The monoisotopic (exact) mass is 146 g/mol. The Morgan fingerprint density at radius 1 is 1.89 bits per heavy atom. The number of carbonyl (C=O) groups excluding carboxylic acids is 1. The first-order valence-electron chi connectivity index (χ1n) is 2.48. The Kier molecular flexibility index (Phi) is 2.07. The van der Waals surface area contributed by atoms with E-state index in [9.17, 15) is 4.79 Å². The van der Waals surface area contributed by atoms with Crippen molar-refractivity contribution in [2.24, 2.45) is 4.99 Å². The molecule has 1 aliphatic rings. The van der Waals surface area contributed by atoms with Crippen molar-refractivity contribution in [1.82, 2.24) is 5.32 Å². The molecule has 1 aliphatic heterocycles. The van der Waals surface area contributed by atoms with Crippen LogP contribution in [0.1, 0.15) is 0 Å². The van der Waals surface area contributed by atoms with Gasteiger partial charge in [0.1, 0.15) is 0 Å². The summed E-state index contributed by atoms with van der Waals surface area (Å²) in [5, 5.41) is 2.32. The molecule has 1 rings (SSSR count). The summed E-state index contributed by atoms with van der Waals surface area (Å²) in [5.41, 5.74) is 0. The maximum absolute atomic E-state index is 10.5. The van der Waals surface area contributed by atoms with Crippen molar-refractivity contribution in [1.29, 1.82) is 0 Å². The first-order valence-corrected chi connectivity index (χ1v) is 3.26. The van der Waals surface area contributed by atoms with E-state index in [0.29, 0.717) is 13.1 Å². The molecule has 0 saturated heterocycles. The molecular weight excluding hydrogens is 140 g/mol. The summed E-state index contributed by atoms with van der Waals surface area (Å²) >= 11 is 0.190. The number of rotatable bonds is 1. The molecule has 0 spiro atoms. The molecule has 9 heavy (non-hydrogen) atoms. The van der Waals surface area contributed by atoms with E-state index in [1.807, 2.05) is 0 Å². The molecule has 4 nitrogen and oxygen atoms in total. The summed E-state index contributed by atoms with van der Waals surface area (Å²) in [7, 11) is 0. The summed E-state index contributed by atoms with van der Waals surface area (Å²) in [6.07, 6.45) is 0. The number of nitrogens with zero attached hydrogens (tertiary/aromatic N) is 1. The van der Waals surface area contributed by atoms with Gasteiger partial charge in [-0.15, -0.1) is 0 Å². The number of aliphatic imine (C=N–C) groups is 1. The van der Waals surface area contributed by atoms with E-state index in [1.54, 1.807) is 0 Å². The van der Waals surface area contributed by atoms with Gasteiger partial charge < -0.3 is 9.87 Å². The van der Waals surface area contributed by atoms with Crippen LogP contribution < -0.4 is 5.32 Å². The van der Waals surface area contributed by atoms with E-state index in [0.717, 1.165) is 0 Å². The van der Waals surface area contributed by atoms with Gasteiger partial charge in [0.2, 0.25) is 0 Å². The summed E-state index contributed by atoms with van der Waals surface area (Å²) in [5.74, 6) is 0.280. The van der Waals surface area contributed by atoms with Gasteiger partial charge in [0, 0.05) is 6.54 Å². The SMILES string of the molecule is O=C(SO)C1=NCCN1. The van der Waals surface area contributed by atoms with Gasteiger partial charge in [-0.3, -0.25) is 9.79 Å². The molecule has 0 radical (unpaired) electrons. The molecule has 0 bridgehead atoms. The molecule has 0 unspecified atom stereocenters. The van der Waals surface area contributed by atoms with Crippen LogP contribution in [-0.4, -0.2) is 28.6 Å². The maximum Gasteiger partial charge on any atom is 0.280 e. The Hall–Kier alpha value is -0.550. The van der Waals surface area contributed by atoms with Crippen LogP contribution in [0.25, 0.3) is 0 Å². The minimum absolute atomic E-state index is 0.190. The number of hydrogen-bond donors (Lipinski definition) is 2. The Labute approximate surface area is 56.6 Å². The van der Waals surface area contributed by atoms with Gasteiger partial charge in [-0.1, -0.05) is 0 Å². The third-order valence-corrected chi connectivity index (χ3v) is 1.31. The quantitative estimate of drug-likeness (QED) is 0.499. The van der Waals surface area contributed by atoms with E-state index < -0.39 is 5.12 Å². The highest BCUT2D eigenvalue weighted by molar-refractivity contribution is 8.10. The third-order valence-electron chi connectivity index (χ3n) is 0.950. The van der Waals surface area contributed by atoms with E-state index in [-0.39, 0.29) is 17.9 Å². The zero-order valence-corrected chi connectivity index (χ0v) is 5.44. The highest BCUT2D eigenvalue weighted by Gasteiger charge is 2.13. The molecule has 0 amide bonds. The van der Waals surface area contributed by atoms with Crippen LogP contribution in [0, 0.1) is 0 Å². The maximum atomic E-state index is 10.5. The van der Waals surface area contributed by atoms with Crippen LogP contribution in [0.4, 0.5) is 0 Å². The van der Waals surface area contributed by atoms with Crippen LogP contribution in [0.2, 0.25) is 0 Å². The van der Waals surface area contributed by atoms with Gasteiger partial charge in [0.05, 0.1) is 18.6 Å². The number of carbonyl (C=O) groups is 1. The van der Waals surface area contributed by atoms with Crippen LogP contribution >= 0.6 is 12.0 Å². The van der Waals surface area contributed by atoms with Crippen molar-refractivity contribution in [2.75, 3.05) is 13.1 Å². The van der Waals surface area contributed by atoms with Crippen LogP contribution in [0.15, 0.2) is 4.99 Å². The van der Waals surface area contributed by atoms with Gasteiger partial charge >= 0.3 is 0 Å². The average Bonchev–Trinajstić information content (AvgIpc) is 2.37. The summed E-state index contributed by atoms with van der Waals surface area (Å²) < 4.78 is 8.24. The number of amidine groups is 1. The van der Waals surface area contributed by atoms with Crippen LogP contribution in [-0.2, 0) is 4.79 Å². The smallest absolute Gasteiger partial charge is 0.280 e. The average molecular weight is 146 g/mol. The van der Waals surface area contributed by atoms with E-state index in [4.69, 9.17) is 4.55 Å². The molecular formula is C4H6N2O2S. The molecule has 0 aromatic rings. The molecule has 0 fully saturated rings. The lowest BCUT2D eigenvalue weighted by Gasteiger charge is -1.93. The van der Waals surface area contributed by atoms with E-state index in [2.05, 4.69) is 10.3 Å². The lowest BCUT2D eigenvalue weighted by molar-refractivity contribution is -0.106. The molecule has 0 saturated carbocycles. The zero-order chi connectivity index (χ0) is 6.69. The first-order chi connectivity index (χ1) is 4.34. The second-order valence-corrected chi connectivity index (χ2v) is 2.09. The second-order valence-electron chi connectivity index (χ2n) is 1.54. The van der Waals surface area contributed by atoms with Gasteiger partial charge in [-0.2, -0.15) is 0 Å². The first kappa shape index (κ1) is 6.57. The standard InChI is InChI=1S/C4H6N2O2S/c7-4(9-8)3-5-1-2-6-3/h8H,1-2H2,(H,5,6). The molecule has 0 aromatic heterocycles. The largest absolute Gasteiger partial charge is 0.365 e. The fourth-order valence-corrected chi connectivity index (χ4v) is 0.801. The highest BCUT2D eigenvalue weighted by Crippen LogP contribution is 1.97. The van der Waals surface area contributed by atoms with Crippen molar-refractivity contribution >= 4 is 23.0 Å². The predicted molar refractivity (Wildman–Crippen MR) is 35.5 cm³/mol. The van der Waals surface area contributed by atoms with E-state index in [1.165, 1.54) is 0 Å². The summed E-state index contributed by atoms with van der Waals surface area (Å²) in [6.45, 7) is 1.32. The Morgan fingerprint density at radius 2 is 2.67 bits per heavy atom. The van der Waals surface area contributed by atoms with Crippen LogP contribution in [0.5, 0.6) is 0 Å². The minimum Gasteiger partial charge on any atom is -0.365 e. The zero-order valence-electron chi connectivity index (χ0n) is 4.63. The molecule has 50 valence electrons. The Bertz CT molecular complexity index is 157. The van der Waals surface area contributed by atoms with Crippen molar-refractivity contribution < 1.29 is 9.35 Å². The van der Waals surface area contributed by atoms with Gasteiger partial charge in [0.15, 0.2) is 5.84 Å². The molecule has 0 atom stereocenters. The van der Waals surface area contributed by atoms with Crippen molar-refractivity contribution in [3.63, 3.8) is 0 Å². The normalized spacial score (nSPS) is 16.8. The molecule has 1 heterocycles. The lowest BCUT2D eigenvalue weighted by atomic mass is 10.6. The van der Waals surface area contributed by atoms with E-state index >= 15 is 0 Å². The van der Waals surface area contributed by atoms with Gasteiger partial charge in [-0.05, 0) is 0 Å². The second kappa shape index (κ2) is 2.84. The fourth-order valence-electron chi connectivity index (χ4n) is 0.578. The topological polar surface area (TPSA) is 61.7 Å². The molecule has 2 N–H and O–H groups in total. The Morgan fingerprint density at radius 3 is 3.11 bits per heavy atom. The third kappa shape index (κ3) is 1.43. The van der Waals surface area contributed by atoms with Crippen LogP contribution in [0.3, 0.4) is 0 Å². The highest BCUT2D eigenvalue weighted by atomic mass is 32.2. The number of hydrogen-bond acceptors (Lipinski definition) is 5. The Balaban J connectivity index is 2.51. The van der Waals surface area contributed by atoms with Gasteiger partial charge in [0.25, 0.3) is 5.12 Å². The summed E-state index contributed by atoms with van der Waals surface area (Å²) in [6, 6.07) is 0. The molecule has 0 aromatic carbocycles. The molecule has 0 aliphatic carbocycles. The minimum atomic E-state index is -0.410. The lowest BCUT2D eigenvalue weighted by Crippen LogP contribution is -2.24. The summed E-state index contributed by atoms with van der Waals surface area (Å²) in [4.78, 5) is 14.3. The molecule has 5 heteroatoms. The van der Waals surface area contributed by atoms with Crippen molar-refractivity contribution in [2.45, 2.75) is 0 Å². The number of nitrogens with one attached hydrogen (secondary N) is 1. The fraction of sp³-hybridized carbons (Fsp3) is 0.500. The predicted octanol–water partition coefficient (Wildman–Crippen LogP) is -0.279. The van der Waals surface area contributed by atoms with Gasteiger partial charge in [-0.25, -0.2) is 0 Å².